The van der Waals surface area contributed by atoms with Gasteiger partial charge in [0.15, 0.2) is 0 Å². The topological polar surface area (TPSA) is 452 Å². The van der Waals surface area contributed by atoms with Gasteiger partial charge in [-0.3, -0.25) is 52.8 Å². The zero-order valence-corrected chi connectivity index (χ0v) is 54.7. The Morgan fingerprint density at radius 2 is 1.25 bits per heavy atom. The number of nitrogens with two attached hydrogens (primary N) is 2. The van der Waals surface area contributed by atoms with Gasteiger partial charge in [0.2, 0.25) is 53.2 Å². The molecule has 0 radical (unpaired) electrons. The summed E-state index contributed by atoms with van der Waals surface area (Å²) in [6.45, 7) is -0.295. The molecule has 0 spiro atoms. The SMILES string of the molecule is NCCCC[C@@H]1NC(=O)CCOCc2cccc(c2)CCC[C@@H](C(N)=O)NC(=O)[C@@H]2CCCN2C(O)[C@H](Cc2ccc(O)cc2)NC(=O)[C@H](Cc2cnc[nH]2)NC(=O)[C@H](CC(=O)O)NC(=O)[C@H](Cc2c[nH]c3ccc(F)cc23)NC(=O)[C@H](Cc2c[nH]c3ccc(F)cc23)NC(=O)CNC1=O. The van der Waals surface area contributed by atoms with E-state index in [4.69, 9.17) is 16.2 Å². The van der Waals surface area contributed by atoms with E-state index < -0.39 is 145 Å². The van der Waals surface area contributed by atoms with E-state index in [0.29, 0.717) is 59.7 Å². The largest absolute Gasteiger partial charge is 0.508 e. The Labute approximate surface area is 572 Å². The second kappa shape index (κ2) is 35.2. The molecule has 100 heavy (non-hydrogen) atoms. The van der Waals surface area contributed by atoms with Crippen LogP contribution in [0.2, 0.25) is 0 Å². The molecule has 0 saturated carbocycles. The van der Waals surface area contributed by atoms with E-state index in [9.17, 15) is 62.5 Å². The molecule has 7 aromatic rings. The molecule has 2 aliphatic rings. The lowest BCUT2D eigenvalue weighted by atomic mass is 10.0. The van der Waals surface area contributed by atoms with Crippen LogP contribution in [0.4, 0.5) is 8.78 Å². The molecule has 0 aliphatic carbocycles. The Hall–Kier alpha value is -10.6. The number of aliphatic hydroxyl groups excluding tert-OH is 1. The van der Waals surface area contributed by atoms with Crippen LogP contribution < -0.4 is 54.0 Å². The smallest absolute Gasteiger partial charge is 0.305 e. The van der Waals surface area contributed by atoms with E-state index in [-0.39, 0.29) is 93.6 Å². The number of unbranched alkanes of at least 4 members (excludes halogenated alkanes) is 1. The first-order valence-corrected chi connectivity index (χ1v) is 33.0. The van der Waals surface area contributed by atoms with Gasteiger partial charge >= 0.3 is 5.97 Å². The summed E-state index contributed by atoms with van der Waals surface area (Å²) in [5, 5.41) is 54.5. The van der Waals surface area contributed by atoms with Gasteiger partial charge in [-0.25, -0.2) is 13.8 Å². The number of phenolic OH excluding ortho intramolecular Hbond substituents is 1. The predicted molar refractivity (Wildman–Crippen MR) is 358 cm³/mol. The monoisotopic (exact) mass is 1380 g/mol. The van der Waals surface area contributed by atoms with Crippen molar-refractivity contribution in [3.63, 3.8) is 0 Å². The number of fused-ring (bicyclic) bond motifs is 5. The molecule has 29 nitrogen and oxygen atoms in total. The fraction of sp³-hybridized carbons (Fsp3) is 0.406. The Kier molecular flexibility index (Phi) is 25.9. The number of halogens is 2. The van der Waals surface area contributed by atoms with Gasteiger partial charge < -0.3 is 89.0 Å². The van der Waals surface area contributed by atoms with Crippen molar-refractivity contribution in [2.75, 3.05) is 26.2 Å². The second-order valence-corrected chi connectivity index (χ2v) is 25.0. The van der Waals surface area contributed by atoms with Crippen molar-refractivity contribution in [2.24, 2.45) is 11.5 Å². The molecule has 9 atom stereocenters. The molecule has 18 N–H and O–H groups in total. The quantitative estimate of drug-likeness (QED) is 0.0636. The molecule has 532 valence electrons. The third-order valence-corrected chi connectivity index (χ3v) is 17.6. The predicted octanol–water partition coefficient (Wildman–Crippen LogP) is 0.951. The summed E-state index contributed by atoms with van der Waals surface area (Å²) >= 11 is 0. The van der Waals surface area contributed by atoms with Gasteiger partial charge in [0.05, 0.1) is 44.6 Å². The first kappa shape index (κ1) is 73.6. The number of aromatic nitrogens is 4. The molecule has 3 aromatic heterocycles. The molecule has 1 fully saturated rings. The molecular weight excluding hydrogens is 1300 g/mol. The third-order valence-electron chi connectivity index (χ3n) is 17.6. The molecule has 1 unspecified atom stereocenters. The maximum Gasteiger partial charge on any atom is 0.305 e. The van der Waals surface area contributed by atoms with Crippen LogP contribution in [0.3, 0.4) is 0 Å². The summed E-state index contributed by atoms with van der Waals surface area (Å²) in [6.07, 6.45) is 3.88. The summed E-state index contributed by atoms with van der Waals surface area (Å²) in [4.78, 5) is 156. The molecular formula is C69H83F2N15O14. The number of nitrogens with one attached hydrogen (secondary N) is 11. The van der Waals surface area contributed by atoms with Gasteiger partial charge in [-0.05, 0) is 141 Å². The number of carboxylic acid groups (broad SMARTS) is 1. The van der Waals surface area contributed by atoms with Crippen molar-refractivity contribution >= 4 is 80.9 Å². The van der Waals surface area contributed by atoms with Crippen LogP contribution in [0, 0.1) is 11.6 Å². The number of carbonyl (C=O) groups excluding carboxylic acids is 9. The number of hydrogen-bond acceptors (Lipinski definition) is 16. The van der Waals surface area contributed by atoms with Gasteiger partial charge in [-0.2, -0.15) is 0 Å². The normalized spacial score (nSPS) is 23.0. The Balaban J connectivity index is 1.05. The van der Waals surface area contributed by atoms with Crippen LogP contribution in [-0.2, 0) is 91.4 Å². The van der Waals surface area contributed by atoms with Gasteiger partial charge in [0.25, 0.3) is 0 Å². The Bertz CT molecular complexity index is 4040. The Morgan fingerprint density at radius 1 is 0.630 bits per heavy atom. The molecule has 9 rings (SSSR count). The highest BCUT2D eigenvalue weighted by Gasteiger charge is 2.41. The molecule has 5 heterocycles. The van der Waals surface area contributed by atoms with Crippen LogP contribution in [0.1, 0.15) is 91.3 Å². The standard InChI is InChI=1S/C69H83F2N15O14/c70-43-14-18-49-47(28-43)41(32-75-49)26-53-64(94)82-54(27-42-33-76-50-19-15-44(71)29-48(42)50)65(95)84-56(31-61(90)91)67(97)83-55(30-45-34-74-37-78-45)66(96)85-57(25-39-12-16-46(87)17-13-39)69(99)86-22-5-11-58(86)68(98)81-51(62(73)92)10-4-7-38-6-3-8-40(24-38)36-100-23-20-59(88)79-52(9-1-2-21-72)63(93)77-35-60(89)80-53/h3,6,8,12-19,24,28-29,32-34,37,51-58,69,75-76,87,99H,1-2,4-5,7,9-11,20-23,25-27,30-31,35-36,72H2,(H2,73,92)(H,74,78)(H,77,93)(H,79,88)(H,80,89)(H,81,98)(H,82,94)(H,83,97)(H,84,95)(H,85,96)(H,90,91)/t51-,52-,53-,54-,55-,56-,57-,58-,69?/m0/s1. The van der Waals surface area contributed by atoms with Crippen LogP contribution in [0.5, 0.6) is 5.75 Å². The van der Waals surface area contributed by atoms with Crippen molar-refractivity contribution < 1.29 is 76.8 Å². The third kappa shape index (κ3) is 20.7. The highest BCUT2D eigenvalue weighted by Crippen LogP contribution is 2.26. The van der Waals surface area contributed by atoms with E-state index in [1.165, 1.54) is 72.3 Å². The highest BCUT2D eigenvalue weighted by molar-refractivity contribution is 5.99. The van der Waals surface area contributed by atoms with Crippen molar-refractivity contribution in [2.45, 2.75) is 151 Å². The highest BCUT2D eigenvalue weighted by atomic mass is 19.1. The lowest BCUT2D eigenvalue weighted by Crippen LogP contribution is -2.62. The average molecular weight is 1380 g/mol. The minimum atomic E-state index is -2.03. The summed E-state index contributed by atoms with van der Waals surface area (Å²) in [7, 11) is 0. The molecule has 1 saturated heterocycles. The number of ether oxygens (including phenoxy) is 1. The number of phenols is 1. The molecule has 4 aromatic carbocycles. The lowest BCUT2D eigenvalue weighted by molar-refractivity contribution is -0.141. The van der Waals surface area contributed by atoms with E-state index in [1.54, 1.807) is 12.1 Å². The number of nitrogens with zero attached hydrogens (tertiary/aromatic N) is 2. The molecule has 31 heteroatoms. The summed E-state index contributed by atoms with van der Waals surface area (Å²) < 4.78 is 35.7. The van der Waals surface area contributed by atoms with E-state index in [1.807, 2.05) is 24.3 Å². The summed E-state index contributed by atoms with van der Waals surface area (Å²) in [5.41, 5.74) is 15.5. The van der Waals surface area contributed by atoms with Crippen LogP contribution in [-0.4, -0.2) is 180 Å². The van der Waals surface area contributed by atoms with Crippen molar-refractivity contribution in [1.82, 2.24) is 67.4 Å². The molecule has 2 aliphatic heterocycles. The summed E-state index contributed by atoms with van der Waals surface area (Å²) in [5.74, 6) is -11.1. The first-order valence-electron chi connectivity index (χ1n) is 33.0. The number of benzene rings is 4. The maximum atomic E-state index is 15.0. The van der Waals surface area contributed by atoms with Gasteiger partial charge in [-0.15, -0.1) is 0 Å². The number of aromatic hydroxyl groups is 1. The number of aryl methyl sites for hydroxylation is 1. The number of carboxylic acids is 1. The summed E-state index contributed by atoms with van der Waals surface area (Å²) in [6, 6.07) is 9.12. The van der Waals surface area contributed by atoms with Crippen molar-refractivity contribution in [3.8, 4) is 5.75 Å². The number of hydrogen-bond donors (Lipinski definition) is 16. The van der Waals surface area contributed by atoms with Crippen molar-refractivity contribution in [3.05, 3.63) is 155 Å². The van der Waals surface area contributed by atoms with E-state index in [2.05, 4.69) is 62.5 Å². The first-order chi connectivity index (χ1) is 48.1. The number of aromatic amines is 3. The van der Waals surface area contributed by atoms with Crippen LogP contribution in [0.15, 0.2) is 110 Å². The number of aliphatic hydroxyl groups is 1. The maximum absolute atomic E-state index is 15.0. The number of imidazole rings is 1. The minimum absolute atomic E-state index is 0.0560. The van der Waals surface area contributed by atoms with E-state index in [0.717, 1.165) is 17.2 Å². The number of carbonyl (C=O) groups is 10. The number of aliphatic carboxylic acids is 1. The fourth-order valence-corrected chi connectivity index (χ4v) is 12.4. The van der Waals surface area contributed by atoms with Crippen molar-refractivity contribution in [1.29, 1.82) is 0 Å². The fourth-order valence-electron chi connectivity index (χ4n) is 12.4. The van der Waals surface area contributed by atoms with Gasteiger partial charge in [0, 0.05) is 78.3 Å². The number of primary amides is 1. The zero-order chi connectivity index (χ0) is 71.4. The van der Waals surface area contributed by atoms with Gasteiger partial charge in [-0.1, -0.05) is 36.4 Å². The second-order valence-electron chi connectivity index (χ2n) is 25.0. The van der Waals surface area contributed by atoms with Gasteiger partial charge in [0.1, 0.15) is 59.9 Å². The number of rotatable bonds is 15. The number of H-pyrrole nitrogens is 3. The average Bonchev–Trinajstić information content (AvgIpc) is 1.64. The van der Waals surface area contributed by atoms with Crippen LogP contribution >= 0.6 is 0 Å². The minimum Gasteiger partial charge on any atom is -0.508 e. The lowest BCUT2D eigenvalue weighted by Gasteiger charge is -2.35. The molecule has 9 amide bonds. The zero-order valence-electron chi connectivity index (χ0n) is 54.7. The number of amides is 9. The molecule has 2 bridgehead atoms. The van der Waals surface area contributed by atoms with Crippen LogP contribution in [0.25, 0.3) is 21.8 Å². The van der Waals surface area contributed by atoms with E-state index >= 15 is 9.59 Å². The Morgan fingerprint density at radius 3 is 1.89 bits per heavy atom.